The number of amides is 1. The Hall–Kier alpha value is -2.60. The molecule has 21 heavy (non-hydrogen) atoms. The fraction of sp³-hybridized carbons (Fsp3) is 0.200. The molecule has 6 nitrogen and oxygen atoms in total. The van der Waals surface area contributed by atoms with Gasteiger partial charge in [0.2, 0.25) is 0 Å². The lowest BCUT2D eigenvalue weighted by atomic mass is 9.99. The largest absolute Gasteiger partial charge is 0.365 e. The molecule has 1 unspecified atom stereocenters. The van der Waals surface area contributed by atoms with E-state index < -0.39 is 11.6 Å². The van der Waals surface area contributed by atoms with Crippen LogP contribution in [0, 0.1) is 0 Å². The van der Waals surface area contributed by atoms with E-state index in [0.717, 1.165) is 5.01 Å². The zero-order valence-electron chi connectivity index (χ0n) is 11.5. The van der Waals surface area contributed by atoms with Crippen molar-refractivity contribution in [1.82, 2.24) is 15.0 Å². The fourth-order valence-corrected chi connectivity index (χ4v) is 2.37. The summed E-state index contributed by atoms with van der Waals surface area (Å²) in [7, 11) is 0. The lowest BCUT2D eigenvalue weighted by Crippen LogP contribution is -2.43. The molecule has 0 aliphatic carbocycles. The van der Waals surface area contributed by atoms with E-state index in [2.05, 4.69) is 15.1 Å². The number of carbonyl (C=O) groups excluding carboxylic acids is 1. The molecule has 0 fully saturated rings. The van der Waals surface area contributed by atoms with Crippen LogP contribution < -0.4 is 0 Å². The molecule has 2 aromatic heterocycles. The number of aromatic nitrogens is 2. The first-order valence-corrected chi connectivity index (χ1v) is 6.53. The van der Waals surface area contributed by atoms with Gasteiger partial charge in [-0.2, -0.15) is 10.1 Å². The Morgan fingerprint density at radius 3 is 2.57 bits per heavy atom. The van der Waals surface area contributed by atoms with Crippen molar-refractivity contribution in [1.29, 1.82) is 0 Å². The number of aliphatic hydroxyl groups is 1. The van der Waals surface area contributed by atoms with E-state index in [0.29, 0.717) is 16.8 Å². The molecular formula is C15H14N4O2. The van der Waals surface area contributed by atoms with Crippen LogP contribution >= 0.6 is 0 Å². The van der Waals surface area contributed by atoms with E-state index in [-0.39, 0.29) is 6.42 Å². The summed E-state index contributed by atoms with van der Waals surface area (Å²) in [5.74, 6) is -0.397. The Balaban J connectivity index is 2.01. The Labute approximate surface area is 121 Å². The predicted octanol–water partition coefficient (Wildman–Crippen LogP) is 1.54. The molecule has 0 aromatic carbocycles. The average molecular weight is 282 g/mol. The minimum absolute atomic E-state index is 0.255. The molecule has 1 atom stereocenters. The molecule has 0 bridgehead atoms. The Morgan fingerprint density at radius 2 is 1.95 bits per heavy atom. The second kappa shape index (κ2) is 5.06. The van der Waals surface area contributed by atoms with Gasteiger partial charge in [0, 0.05) is 42.5 Å². The number of rotatable bonds is 2. The van der Waals surface area contributed by atoms with Crippen molar-refractivity contribution in [2.45, 2.75) is 19.1 Å². The first-order valence-electron chi connectivity index (χ1n) is 6.53. The Kier molecular flexibility index (Phi) is 3.23. The third-order valence-electron chi connectivity index (χ3n) is 3.35. The van der Waals surface area contributed by atoms with Crippen LogP contribution in [0.4, 0.5) is 0 Å². The monoisotopic (exact) mass is 282 g/mol. The van der Waals surface area contributed by atoms with Crippen molar-refractivity contribution in [3.05, 3.63) is 60.2 Å². The number of hydrazone groups is 1. The first kappa shape index (κ1) is 13.4. The van der Waals surface area contributed by atoms with Crippen LogP contribution in [0.1, 0.15) is 29.3 Å². The molecule has 0 saturated heterocycles. The Bertz CT molecular complexity index is 687. The van der Waals surface area contributed by atoms with Gasteiger partial charge in [0.25, 0.3) is 5.91 Å². The summed E-state index contributed by atoms with van der Waals surface area (Å²) in [6.07, 6.45) is 6.45. The van der Waals surface area contributed by atoms with Crippen LogP contribution in [-0.2, 0) is 5.72 Å². The standard InChI is InChI=1S/C15H14N4O2/c1-11-8-15(21,13-5-3-7-17-10-13)19(18-11)14(20)12-4-2-6-16-9-12/h2-7,9-10,21H,8H2,1H3. The molecule has 0 saturated carbocycles. The van der Waals surface area contributed by atoms with E-state index in [9.17, 15) is 9.90 Å². The lowest BCUT2D eigenvalue weighted by Gasteiger charge is -2.31. The van der Waals surface area contributed by atoms with E-state index in [1.54, 1.807) is 43.6 Å². The minimum atomic E-state index is -1.51. The topological polar surface area (TPSA) is 78.7 Å². The molecule has 1 aliphatic heterocycles. The quantitative estimate of drug-likeness (QED) is 0.906. The predicted molar refractivity (Wildman–Crippen MR) is 76.3 cm³/mol. The molecule has 0 radical (unpaired) electrons. The van der Waals surface area contributed by atoms with Gasteiger partial charge >= 0.3 is 0 Å². The maximum Gasteiger partial charge on any atom is 0.278 e. The lowest BCUT2D eigenvalue weighted by molar-refractivity contribution is -0.0767. The minimum Gasteiger partial charge on any atom is -0.365 e. The number of hydrogen-bond donors (Lipinski definition) is 1. The highest BCUT2D eigenvalue weighted by atomic mass is 16.3. The van der Waals surface area contributed by atoms with Crippen LogP contribution in [-0.4, -0.2) is 31.7 Å². The second-order valence-corrected chi connectivity index (χ2v) is 4.93. The second-order valence-electron chi connectivity index (χ2n) is 4.93. The molecule has 3 rings (SSSR count). The summed E-state index contributed by atoms with van der Waals surface area (Å²) >= 11 is 0. The van der Waals surface area contributed by atoms with Crippen molar-refractivity contribution in [2.24, 2.45) is 5.10 Å². The smallest absolute Gasteiger partial charge is 0.278 e. The normalized spacial score (nSPS) is 21.2. The van der Waals surface area contributed by atoms with Crippen molar-refractivity contribution in [3.8, 4) is 0 Å². The van der Waals surface area contributed by atoms with Gasteiger partial charge in [-0.3, -0.25) is 14.8 Å². The third-order valence-corrected chi connectivity index (χ3v) is 3.35. The van der Waals surface area contributed by atoms with Crippen LogP contribution in [0.15, 0.2) is 54.2 Å². The molecular weight excluding hydrogens is 268 g/mol. The summed E-state index contributed by atoms with van der Waals surface area (Å²) in [6.45, 7) is 1.78. The van der Waals surface area contributed by atoms with Crippen LogP contribution in [0.3, 0.4) is 0 Å². The molecule has 1 aliphatic rings. The molecule has 106 valence electrons. The van der Waals surface area contributed by atoms with Crippen LogP contribution in [0.5, 0.6) is 0 Å². The highest BCUT2D eigenvalue weighted by molar-refractivity contribution is 5.97. The summed E-state index contributed by atoms with van der Waals surface area (Å²) in [5, 5.41) is 16.3. The Morgan fingerprint density at radius 1 is 1.24 bits per heavy atom. The molecule has 6 heteroatoms. The van der Waals surface area contributed by atoms with Gasteiger partial charge in [-0.1, -0.05) is 6.07 Å². The van der Waals surface area contributed by atoms with Crippen molar-refractivity contribution < 1.29 is 9.90 Å². The maximum absolute atomic E-state index is 12.6. The highest BCUT2D eigenvalue weighted by Crippen LogP contribution is 2.35. The van der Waals surface area contributed by atoms with Gasteiger partial charge in [-0.15, -0.1) is 0 Å². The van der Waals surface area contributed by atoms with Gasteiger partial charge in [0.05, 0.1) is 5.56 Å². The summed E-state index contributed by atoms with van der Waals surface area (Å²) in [4.78, 5) is 20.5. The molecule has 1 amide bonds. The van der Waals surface area contributed by atoms with Crippen molar-refractivity contribution in [2.75, 3.05) is 0 Å². The summed E-state index contributed by atoms with van der Waals surface area (Å²) in [5.41, 5.74) is 0.0744. The number of pyridine rings is 2. The maximum atomic E-state index is 12.6. The number of hydrogen-bond acceptors (Lipinski definition) is 5. The van der Waals surface area contributed by atoms with Gasteiger partial charge in [-0.05, 0) is 25.1 Å². The SMILES string of the molecule is CC1=NN(C(=O)c2cccnc2)C(O)(c2cccnc2)C1. The van der Waals surface area contributed by atoms with Gasteiger partial charge in [0.1, 0.15) is 0 Å². The molecule has 2 aromatic rings. The number of nitrogens with zero attached hydrogens (tertiary/aromatic N) is 4. The van der Waals surface area contributed by atoms with E-state index in [1.807, 2.05) is 0 Å². The van der Waals surface area contributed by atoms with E-state index in [4.69, 9.17) is 0 Å². The average Bonchev–Trinajstić information content (AvgIpc) is 2.84. The van der Waals surface area contributed by atoms with Gasteiger partial charge < -0.3 is 5.11 Å². The van der Waals surface area contributed by atoms with Gasteiger partial charge in [-0.25, -0.2) is 0 Å². The first-order chi connectivity index (χ1) is 10.1. The summed E-state index contributed by atoms with van der Waals surface area (Å²) in [6, 6.07) is 6.75. The zero-order chi connectivity index (χ0) is 14.9. The molecule has 3 heterocycles. The number of carbonyl (C=O) groups is 1. The van der Waals surface area contributed by atoms with Crippen LogP contribution in [0.25, 0.3) is 0 Å². The molecule has 1 N–H and O–H groups in total. The van der Waals surface area contributed by atoms with Crippen molar-refractivity contribution >= 4 is 11.6 Å². The van der Waals surface area contributed by atoms with Crippen molar-refractivity contribution in [3.63, 3.8) is 0 Å². The molecule has 0 spiro atoms. The van der Waals surface area contributed by atoms with Gasteiger partial charge in [0.15, 0.2) is 5.72 Å². The fourth-order valence-electron chi connectivity index (χ4n) is 2.37. The van der Waals surface area contributed by atoms with Crippen LogP contribution in [0.2, 0.25) is 0 Å². The summed E-state index contributed by atoms with van der Waals surface area (Å²) < 4.78 is 0. The zero-order valence-corrected chi connectivity index (χ0v) is 11.5. The van der Waals surface area contributed by atoms with E-state index >= 15 is 0 Å². The van der Waals surface area contributed by atoms with E-state index in [1.165, 1.54) is 12.4 Å². The highest BCUT2D eigenvalue weighted by Gasteiger charge is 2.45. The third kappa shape index (κ3) is 2.30.